The van der Waals surface area contributed by atoms with E-state index in [0.717, 1.165) is 57.4 Å². The van der Waals surface area contributed by atoms with Crippen molar-refractivity contribution in [2.45, 2.75) is 58.7 Å². The second kappa shape index (κ2) is 7.81. The van der Waals surface area contributed by atoms with Crippen LogP contribution < -0.4 is 0 Å². The van der Waals surface area contributed by atoms with Crippen LogP contribution in [-0.4, -0.2) is 51.8 Å². The van der Waals surface area contributed by atoms with Gasteiger partial charge in [0.25, 0.3) is 0 Å². The van der Waals surface area contributed by atoms with Crippen LogP contribution >= 0.6 is 0 Å². The van der Waals surface area contributed by atoms with E-state index in [2.05, 4.69) is 20.8 Å². The summed E-state index contributed by atoms with van der Waals surface area (Å²) in [5, 5.41) is 0. The van der Waals surface area contributed by atoms with Gasteiger partial charge in [-0.1, -0.05) is 27.2 Å². The van der Waals surface area contributed by atoms with E-state index in [0.29, 0.717) is 12.2 Å². The highest BCUT2D eigenvalue weighted by molar-refractivity contribution is 5.00. The SMILES string of the molecule is C1CC2CC1CC2(COCC1CO1)COCC1CO1.CC(C)C. The van der Waals surface area contributed by atoms with E-state index < -0.39 is 0 Å². The molecule has 4 aliphatic rings. The fourth-order valence-electron chi connectivity index (χ4n) is 4.07. The Morgan fingerprint density at radius 3 is 1.83 bits per heavy atom. The maximum Gasteiger partial charge on any atom is 0.104 e. The van der Waals surface area contributed by atoms with Crippen molar-refractivity contribution in [1.82, 2.24) is 0 Å². The molecule has 4 rings (SSSR count). The number of ether oxygens (including phenoxy) is 4. The highest BCUT2D eigenvalue weighted by Crippen LogP contribution is 2.56. The van der Waals surface area contributed by atoms with Gasteiger partial charge in [0.05, 0.1) is 39.6 Å². The first-order valence-electron chi connectivity index (χ1n) is 9.46. The smallest absolute Gasteiger partial charge is 0.104 e. The number of fused-ring (bicyclic) bond motifs is 2. The standard InChI is InChI=1S/C15H24O4.C4H10/c1-2-12-3-11(1)4-15(12,9-16-5-13-7-18-13)10-17-6-14-8-19-14;1-4(2)3/h11-14H,1-10H2;4H,1-3H3. The first-order valence-corrected chi connectivity index (χ1v) is 9.46. The molecule has 0 radical (unpaired) electrons. The summed E-state index contributed by atoms with van der Waals surface area (Å²) in [6.45, 7) is 11.5. The molecule has 0 amide bonds. The molecule has 0 aromatic rings. The van der Waals surface area contributed by atoms with Crippen molar-refractivity contribution in [2.24, 2.45) is 23.2 Å². The van der Waals surface area contributed by atoms with E-state index in [1.54, 1.807) is 0 Å². The molecule has 2 saturated carbocycles. The molecule has 2 aliphatic heterocycles. The zero-order valence-corrected chi connectivity index (χ0v) is 15.1. The molecule has 4 nitrogen and oxygen atoms in total. The van der Waals surface area contributed by atoms with E-state index in [-0.39, 0.29) is 5.41 Å². The summed E-state index contributed by atoms with van der Waals surface area (Å²) in [7, 11) is 0. The zero-order chi connectivity index (χ0) is 16.3. The highest BCUT2D eigenvalue weighted by atomic mass is 16.6. The maximum atomic E-state index is 5.93. The van der Waals surface area contributed by atoms with Gasteiger partial charge >= 0.3 is 0 Å². The van der Waals surface area contributed by atoms with Gasteiger partial charge in [-0.15, -0.1) is 0 Å². The van der Waals surface area contributed by atoms with Gasteiger partial charge < -0.3 is 18.9 Å². The molecule has 0 N–H and O–H groups in total. The van der Waals surface area contributed by atoms with Crippen LogP contribution in [0.1, 0.15) is 46.5 Å². The Balaban J connectivity index is 0.000000354. The molecule has 0 aromatic heterocycles. The van der Waals surface area contributed by atoms with Gasteiger partial charge in [0, 0.05) is 5.41 Å². The molecule has 0 spiro atoms. The molecular formula is C19H34O4. The lowest BCUT2D eigenvalue weighted by Crippen LogP contribution is -2.38. The minimum atomic E-state index is 0.284. The van der Waals surface area contributed by atoms with Crippen molar-refractivity contribution in [3.05, 3.63) is 0 Å². The molecule has 134 valence electrons. The molecule has 4 unspecified atom stereocenters. The molecule has 2 bridgehead atoms. The van der Waals surface area contributed by atoms with Crippen molar-refractivity contribution in [3.63, 3.8) is 0 Å². The number of epoxide rings is 2. The topological polar surface area (TPSA) is 43.5 Å². The van der Waals surface area contributed by atoms with Crippen LogP contribution in [0.2, 0.25) is 0 Å². The monoisotopic (exact) mass is 326 g/mol. The first-order chi connectivity index (χ1) is 11.1. The van der Waals surface area contributed by atoms with Gasteiger partial charge in [0.2, 0.25) is 0 Å². The molecule has 23 heavy (non-hydrogen) atoms. The highest BCUT2D eigenvalue weighted by Gasteiger charge is 2.51. The Morgan fingerprint density at radius 2 is 1.48 bits per heavy atom. The van der Waals surface area contributed by atoms with Crippen LogP contribution in [0.4, 0.5) is 0 Å². The minimum Gasteiger partial charge on any atom is -0.378 e. The van der Waals surface area contributed by atoms with Crippen LogP contribution in [0.3, 0.4) is 0 Å². The summed E-state index contributed by atoms with van der Waals surface area (Å²) in [6.07, 6.45) is 6.23. The third-order valence-electron chi connectivity index (χ3n) is 5.29. The molecule has 2 aliphatic carbocycles. The van der Waals surface area contributed by atoms with Gasteiger partial charge in [-0.2, -0.15) is 0 Å². The fourth-order valence-corrected chi connectivity index (χ4v) is 4.07. The Kier molecular flexibility index (Phi) is 6.00. The maximum absolute atomic E-state index is 5.93. The second-order valence-electron chi connectivity index (χ2n) is 8.62. The van der Waals surface area contributed by atoms with Crippen molar-refractivity contribution in [1.29, 1.82) is 0 Å². The minimum absolute atomic E-state index is 0.284. The lowest BCUT2D eigenvalue weighted by molar-refractivity contribution is -0.0570. The molecule has 4 fully saturated rings. The van der Waals surface area contributed by atoms with Crippen molar-refractivity contribution in [2.75, 3.05) is 39.6 Å². The first kappa shape index (κ1) is 17.7. The number of rotatable bonds is 8. The third-order valence-corrected chi connectivity index (χ3v) is 5.29. The second-order valence-corrected chi connectivity index (χ2v) is 8.62. The van der Waals surface area contributed by atoms with Gasteiger partial charge in [-0.05, 0) is 37.0 Å². The van der Waals surface area contributed by atoms with Crippen LogP contribution in [0, 0.1) is 23.2 Å². The van der Waals surface area contributed by atoms with Crippen LogP contribution in [0.15, 0.2) is 0 Å². The number of hydrogen-bond donors (Lipinski definition) is 0. The van der Waals surface area contributed by atoms with E-state index in [1.807, 2.05) is 0 Å². The van der Waals surface area contributed by atoms with Crippen molar-refractivity contribution < 1.29 is 18.9 Å². The predicted octanol–water partition coefficient (Wildman–Crippen LogP) is 3.29. The Labute approximate surface area is 141 Å². The molecule has 4 atom stereocenters. The lowest BCUT2D eigenvalue weighted by Gasteiger charge is -2.37. The summed E-state index contributed by atoms with van der Waals surface area (Å²) >= 11 is 0. The summed E-state index contributed by atoms with van der Waals surface area (Å²) < 4.78 is 22.3. The average molecular weight is 326 g/mol. The molecule has 4 heteroatoms. The quantitative estimate of drug-likeness (QED) is 0.642. The van der Waals surface area contributed by atoms with Crippen molar-refractivity contribution >= 4 is 0 Å². The van der Waals surface area contributed by atoms with E-state index in [4.69, 9.17) is 18.9 Å². The lowest BCUT2D eigenvalue weighted by atomic mass is 9.74. The molecular weight excluding hydrogens is 292 g/mol. The van der Waals surface area contributed by atoms with Crippen LogP contribution in [-0.2, 0) is 18.9 Å². The fraction of sp³-hybridized carbons (Fsp3) is 1.00. The van der Waals surface area contributed by atoms with Gasteiger partial charge in [-0.25, -0.2) is 0 Å². The summed E-state index contributed by atoms with van der Waals surface area (Å²) in [6, 6.07) is 0. The van der Waals surface area contributed by atoms with Gasteiger partial charge in [0.1, 0.15) is 12.2 Å². The van der Waals surface area contributed by atoms with E-state index in [1.165, 1.54) is 25.7 Å². The molecule has 2 saturated heterocycles. The average Bonchev–Trinajstić information content (AvgIpc) is 3.40. The van der Waals surface area contributed by atoms with Crippen LogP contribution in [0.5, 0.6) is 0 Å². The number of hydrogen-bond acceptors (Lipinski definition) is 4. The van der Waals surface area contributed by atoms with Gasteiger partial charge in [-0.3, -0.25) is 0 Å². The van der Waals surface area contributed by atoms with E-state index >= 15 is 0 Å². The largest absolute Gasteiger partial charge is 0.378 e. The third kappa shape index (κ3) is 5.42. The normalized spacial score (nSPS) is 40.2. The van der Waals surface area contributed by atoms with Crippen LogP contribution in [0.25, 0.3) is 0 Å². The molecule has 2 heterocycles. The zero-order valence-electron chi connectivity index (χ0n) is 15.1. The van der Waals surface area contributed by atoms with E-state index in [9.17, 15) is 0 Å². The predicted molar refractivity (Wildman–Crippen MR) is 89.5 cm³/mol. The summed E-state index contributed by atoms with van der Waals surface area (Å²) in [5.74, 6) is 2.57. The van der Waals surface area contributed by atoms with Gasteiger partial charge in [0.15, 0.2) is 0 Å². The summed E-state index contributed by atoms with van der Waals surface area (Å²) in [4.78, 5) is 0. The molecule has 0 aromatic carbocycles. The Bertz CT molecular complexity index is 342. The summed E-state index contributed by atoms with van der Waals surface area (Å²) in [5.41, 5.74) is 0.284. The Hall–Kier alpha value is -0.160. The Morgan fingerprint density at radius 1 is 0.957 bits per heavy atom. The van der Waals surface area contributed by atoms with Crippen molar-refractivity contribution in [3.8, 4) is 0 Å².